The average molecular weight is 376 g/mol. The molecular formula is C23H24N2O3. The first-order valence-electron chi connectivity index (χ1n) is 9.66. The van der Waals surface area contributed by atoms with Crippen molar-refractivity contribution in [3.8, 4) is 0 Å². The van der Waals surface area contributed by atoms with Gasteiger partial charge in [-0.3, -0.25) is 4.79 Å². The molecule has 2 aromatic carbocycles. The number of amides is 1. The van der Waals surface area contributed by atoms with Crippen molar-refractivity contribution >= 4 is 28.5 Å². The molecule has 0 aliphatic heterocycles. The number of aromatic nitrogens is 1. The zero-order chi connectivity index (χ0) is 19.7. The van der Waals surface area contributed by atoms with Gasteiger partial charge in [-0.15, -0.1) is 0 Å². The fourth-order valence-electron chi connectivity index (χ4n) is 3.77. The van der Waals surface area contributed by atoms with Crippen LogP contribution in [0.4, 0.5) is 5.69 Å². The normalized spacial score (nSPS) is 15.9. The Morgan fingerprint density at radius 1 is 1.18 bits per heavy atom. The molecule has 1 aromatic heterocycles. The number of H-pyrrole nitrogens is 1. The highest BCUT2D eigenvalue weighted by molar-refractivity contribution is 5.98. The SMILES string of the molecule is Cc1ccc(NC(=O)COC(=O)c2ccc3[nH]c4c(c3c2)C[C@@H](C)CC4)cc1. The molecule has 0 unspecified atom stereocenters. The number of rotatable bonds is 4. The minimum atomic E-state index is -0.486. The van der Waals surface area contributed by atoms with E-state index in [-0.39, 0.29) is 12.5 Å². The van der Waals surface area contributed by atoms with Gasteiger partial charge >= 0.3 is 5.97 Å². The summed E-state index contributed by atoms with van der Waals surface area (Å²) in [7, 11) is 0. The van der Waals surface area contributed by atoms with Crippen LogP contribution in [-0.4, -0.2) is 23.5 Å². The molecule has 0 saturated heterocycles. The third kappa shape index (κ3) is 3.79. The van der Waals surface area contributed by atoms with Crippen LogP contribution in [0, 0.1) is 12.8 Å². The molecule has 0 spiro atoms. The monoisotopic (exact) mass is 376 g/mol. The number of hydrogen-bond acceptors (Lipinski definition) is 3. The highest BCUT2D eigenvalue weighted by atomic mass is 16.5. The van der Waals surface area contributed by atoms with Crippen molar-refractivity contribution in [2.24, 2.45) is 5.92 Å². The van der Waals surface area contributed by atoms with E-state index in [2.05, 4.69) is 17.2 Å². The first-order chi connectivity index (χ1) is 13.5. The molecule has 0 fully saturated rings. The Kier molecular flexibility index (Phi) is 4.90. The number of aryl methyl sites for hydroxylation is 2. The van der Waals surface area contributed by atoms with Gasteiger partial charge in [0.05, 0.1) is 5.56 Å². The molecule has 3 aromatic rings. The van der Waals surface area contributed by atoms with E-state index in [1.807, 2.05) is 43.3 Å². The minimum Gasteiger partial charge on any atom is -0.452 e. The molecule has 5 nitrogen and oxygen atoms in total. The summed E-state index contributed by atoms with van der Waals surface area (Å²) >= 11 is 0. The van der Waals surface area contributed by atoms with Gasteiger partial charge in [0.1, 0.15) is 0 Å². The summed E-state index contributed by atoms with van der Waals surface area (Å²) in [5, 5.41) is 3.81. The Morgan fingerprint density at radius 2 is 1.96 bits per heavy atom. The van der Waals surface area contributed by atoms with Crippen LogP contribution in [0.3, 0.4) is 0 Å². The predicted octanol–water partition coefficient (Wildman–Crippen LogP) is 4.40. The molecule has 2 N–H and O–H groups in total. The van der Waals surface area contributed by atoms with E-state index in [4.69, 9.17) is 4.74 Å². The molecule has 0 bridgehead atoms. The molecular weight excluding hydrogens is 352 g/mol. The first-order valence-corrected chi connectivity index (χ1v) is 9.66. The Labute approximate surface area is 164 Å². The number of carbonyl (C=O) groups is 2. The second kappa shape index (κ2) is 7.50. The number of benzene rings is 2. The molecule has 5 heteroatoms. The molecule has 28 heavy (non-hydrogen) atoms. The quantitative estimate of drug-likeness (QED) is 0.663. The average Bonchev–Trinajstić information content (AvgIpc) is 3.05. The first kappa shape index (κ1) is 18.3. The van der Waals surface area contributed by atoms with E-state index in [1.54, 1.807) is 6.07 Å². The number of aromatic amines is 1. The number of anilines is 1. The number of ether oxygens (including phenoxy) is 1. The smallest absolute Gasteiger partial charge is 0.338 e. The highest BCUT2D eigenvalue weighted by Crippen LogP contribution is 2.32. The second-order valence-electron chi connectivity index (χ2n) is 7.68. The van der Waals surface area contributed by atoms with Crippen molar-refractivity contribution in [3.63, 3.8) is 0 Å². The van der Waals surface area contributed by atoms with Crippen LogP contribution in [0.1, 0.15) is 40.5 Å². The summed E-state index contributed by atoms with van der Waals surface area (Å²) in [4.78, 5) is 27.9. The van der Waals surface area contributed by atoms with Gasteiger partial charge in [-0.1, -0.05) is 24.6 Å². The van der Waals surface area contributed by atoms with Crippen LogP contribution in [0.25, 0.3) is 10.9 Å². The molecule has 144 valence electrons. The van der Waals surface area contributed by atoms with Crippen LogP contribution in [-0.2, 0) is 22.4 Å². The number of carbonyl (C=O) groups excluding carboxylic acids is 2. The van der Waals surface area contributed by atoms with Crippen LogP contribution >= 0.6 is 0 Å². The largest absolute Gasteiger partial charge is 0.452 e. The fraction of sp³-hybridized carbons (Fsp3) is 0.304. The zero-order valence-electron chi connectivity index (χ0n) is 16.2. The van der Waals surface area contributed by atoms with E-state index < -0.39 is 5.97 Å². The predicted molar refractivity (Wildman–Crippen MR) is 110 cm³/mol. The summed E-state index contributed by atoms with van der Waals surface area (Å²) < 4.78 is 5.22. The molecule has 1 amide bonds. The fourth-order valence-corrected chi connectivity index (χ4v) is 3.77. The van der Waals surface area contributed by atoms with E-state index in [1.165, 1.54) is 17.7 Å². The lowest BCUT2D eigenvalue weighted by Crippen LogP contribution is -2.20. The number of fused-ring (bicyclic) bond motifs is 3. The van der Waals surface area contributed by atoms with Crippen molar-refractivity contribution in [1.29, 1.82) is 0 Å². The Balaban J connectivity index is 1.43. The van der Waals surface area contributed by atoms with E-state index in [9.17, 15) is 9.59 Å². The molecule has 1 atom stereocenters. The van der Waals surface area contributed by atoms with Gasteiger partial charge in [0.25, 0.3) is 5.91 Å². The Morgan fingerprint density at radius 3 is 2.75 bits per heavy atom. The molecule has 4 rings (SSSR count). The van der Waals surface area contributed by atoms with Gasteiger partial charge in [-0.2, -0.15) is 0 Å². The van der Waals surface area contributed by atoms with Crippen molar-refractivity contribution in [3.05, 3.63) is 64.8 Å². The van der Waals surface area contributed by atoms with Gasteiger partial charge in [0.15, 0.2) is 6.61 Å². The molecule has 0 radical (unpaired) electrons. The second-order valence-corrected chi connectivity index (χ2v) is 7.68. The summed E-state index contributed by atoms with van der Waals surface area (Å²) in [6, 6.07) is 13.0. The third-order valence-electron chi connectivity index (χ3n) is 5.34. The van der Waals surface area contributed by atoms with Crippen molar-refractivity contribution < 1.29 is 14.3 Å². The molecule has 1 aliphatic carbocycles. The lowest BCUT2D eigenvalue weighted by molar-refractivity contribution is -0.119. The number of esters is 1. The van der Waals surface area contributed by atoms with E-state index in [0.717, 1.165) is 29.3 Å². The van der Waals surface area contributed by atoms with Gasteiger partial charge in [-0.25, -0.2) is 4.79 Å². The van der Waals surface area contributed by atoms with Gasteiger partial charge < -0.3 is 15.0 Å². The van der Waals surface area contributed by atoms with Crippen LogP contribution in [0.15, 0.2) is 42.5 Å². The Bertz CT molecular complexity index is 1030. The zero-order valence-corrected chi connectivity index (χ0v) is 16.2. The summed E-state index contributed by atoms with van der Waals surface area (Å²) in [6.07, 6.45) is 3.25. The van der Waals surface area contributed by atoms with Crippen LogP contribution in [0.5, 0.6) is 0 Å². The standard InChI is InChI=1S/C23H24N2O3/c1-14-3-7-17(8-4-14)24-22(26)13-28-23(27)16-6-10-21-19(12-16)18-11-15(2)5-9-20(18)25-21/h3-4,6-8,10,12,15,25H,5,9,11,13H2,1-2H3,(H,24,26)/t15-/m0/s1. The minimum absolute atomic E-state index is 0.312. The lowest BCUT2D eigenvalue weighted by Gasteiger charge is -2.18. The maximum absolute atomic E-state index is 12.4. The topological polar surface area (TPSA) is 71.2 Å². The maximum atomic E-state index is 12.4. The molecule has 1 aliphatic rings. The Hall–Kier alpha value is -3.08. The van der Waals surface area contributed by atoms with Crippen molar-refractivity contribution in [2.75, 3.05) is 11.9 Å². The summed E-state index contributed by atoms with van der Waals surface area (Å²) in [5.41, 5.74) is 5.89. The summed E-state index contributed by atoms with van der Waals surface area (Å²) in [6.45, 7) is 3.92. The number of hydrogen-bond donors (Lipinski definition) is 2. The van der Waals surface area contributed by atoms with Gasteiger partial charge in [0.2, 0.25) is 0 Å². The van der Waals surface area contributed by atoms with E-state index >= 15 is 0 Å². The van der Waals surface area contributed by atoms with Gasteiger partial charge in [-0.05, 0) is 68.0 Å². The van der Waals surface area contributed by atoms with Gasteiger partial charge in [0, 0.05) is 22.3 Å². The van der Waals surface area contributed by atoms with Crippen LogP contribution < -0.4 is 5.32 Å². The lowest BCUT2D eigenvalue weighted by atomic mass is 9.87. The van der Waals surface area contributed by atoms with Crippen molar-refractivity contribution in [1.82, 2.24) is 4.98 Å². The highest BCUT2D eigenvalue weighted by Gasteiger charge is 2.21. The molecule has 0 saturated carbocycles. The van der Waals surface area contributed by atoms with E-state index in [0.29, 0.717) is 17.2 Å². The third-order valence-corrected chi connectivity index (χ3v) is 5.34. The number of nitrogens with one attached hydrogen (secondary N) is 2. The van der Waals surface area contributed by atoms with Crippen molar-refractivity contribution in [2.45, 2.75) is 33.1 Å². The summed E-state index contributed by atoms with van der Waals surface area (Å²) in [5.74, 6) is -0.196. The van der Waals surface area contributed by atoms with Crippen LogP contribution in [0.2, 0.25) is 0 Å². The maximum Gasteiger partial charge on any atom is 0.338 e. The molecule has 1 heterocycles.